The first-order valence-electron chi connectivity index (χ1n) is 8.32. The number of hydrogen-bond donors (Lipinski definition) is 1. The van der Waals surface area contributed by atoms with Crippen molar-refractivity contribution in [2.75, 3.05) is 6.61 Å². The lowest BCUT2D eigenvalue weighted by molar-refractivity contribution is 0.0526. The number of aliphatic imine (C=N–C) groups is 1. The molecule has 0 atom stereocenters. The normalized spacial score (nSPS) is 11.0. The average molecular weight is 359 g/mol. The molecule has 0 fully saturated rings. The number of carbonyl (C=O) groups is 1. The first-order chi connectivity index (χ1) is 12.4. The van der Waals surface area contributed by atoms with Crippen molar-refractivity contribution in [2.45, 2.75) is 33.9 Å². The summed E-state index contributed by atoms with van der Waals surface area (Å²) in [6.07, 6.45) is 1.19. The number of hydrogen-bond acceptors (Lipinski definition) is 6. The summed E-state index contributed by atoms with van der Waals surface area (Å²) in [6.45, 7) is 5.72. The van der Waals surface area contributed by atoms with Gasteiger partial charge in [0.15, 0.2) is 0 Å². The SMILES string of the molecule is CCOC(=O)c1cccc(N=Cc2c(O)n(CC)c(=O)n(CC)c2=O)c1. The maximum Gasteiger partial charge on any atom is 0.338 e. The van der Waals surface area contributed by atoms with Gasteiger partial charge in [0.25, 0.3) is 5.56 Å². The van der Waals surface area contributed by atoms with Crippen LogP contribution >= 0.6 is 0 Å². The van der Waals surface area contributed by atoms with Crippen LogP contribution in [0.15, 0.2) is 38.8 Å². The molecule has 1 N–H and O–H groups in total. The summed E-state index contributed by atoms with van der Waals surface area (Å²) in [5, 5.41) is 10.2. The fourth-order valence-corrected chi connectivity index (χ4v) is 2.45. The molecule has 2 aromatic rings. The topological polar surface area (TPSA) is 103 Å². The van der Waals surface area contributed by atoms with E-state index in [-0.39, 0.29) is 25.3 Å². The molecule has 0 aliphatic rings. The first-order valence-corrected chi connectivity index (χ1v) is 8.32. The standard InChI is InChI=1S/C18H21N3O5/c1-4-20-15(22)14(16(23)21(5-2)18(20)25)11-19-13-9-7-8-12(10-13)17(24)26-6-3/h7-11,22H,4-6H2,1-3H3. The molecular weight excluding hydrogens is 338 g/mol. The Hall–Kier alpha value is -3.16. The van der Waals surface area contributed by atoms with Crippen molar-refractivity contribution in [3.05, 3.63) is 56.2 Å². The number of aromatic nitrogens is 2. The summed E-state index contributed by atoms with van der Waals surface area (Å²) in [5.41, 5.74) is -0.541. The van der Waals surface area contributed by atoms with Crippen molar-refractivity contribution in [3.63, 3.8) is 0 Å². The number of benzene rings is 1. The predicted molar refractivity (Wildman–Crippen MR) is 97.6 cm³/mol. The van der Waals surface area contributed by atoms with Crippen LogP contribution < -0.4 is 11.2 Å². The van der Waals surface area contributed by atoms with Gasteiger partial charge in [-0.05, 0) is 39.0 Å². The second kappa shape index (κ2) is 8.28. The van der Waals surface area contributed by atoms with Crippen molar-refractivity contribution in [1.82, 2.24) is 9.13 Å². The second-order valence-electron chi connectivity index (χ2n) is 5.34. The summed E-state index contributed by atoms with van der Waals surface area (Å²) < 4.78 is 7.06. The lowest BCUT2D eigenvalue weighted by Crippen LogP contribution is -2.41. The molecule has 0 radical (unpaired) electrons. The largest absolute Gasteiger partial charge is 0.494 e. The molecule has 138 valence electrons. The molecule has 8 heteroatoms. The third kappa shape index (κ3) is 3.74. The van der Waals surface area contributed by atoms with Gasteiger partial charge in [-0.15, -0.1) is 0 Å². The molecule has 0 saturated carbocycles. The van der Waals surface area contributed by atoms with Gasteiger partial charge in [0, 0.05) is 19.3 Å². The van der Waals surface area contributed by atoms with Gasteiger partial charge >= 0.3 is 11.7 Å². The molecule has 0 unspecified atom stereocenters. The summed E-state index contributed by atoms with van der Waals surface area (Å²) in [5.74, 6) is -0.905. The Labute approximate surface area is 150 Å². The van der Waals surface area contributed by atoms with Crippen LogP contribution in [0.25, 0.3) is 0 Å². The molecule has 2 rings (SSSR count). The van der Waals surface area contributed by atoms with E-state index in [0.717, 1.165) is 9.13 Å². The quantitative estimate of drug-likeness (QED) is 0.624. The van der Waals surface area contributed by atoms with Gasteiger partial charge in [0.2, 0.25) is 5.88 Å². The maximum absolute atomic E-state index is 12.4. The minimum atomic E-state index is -0.620. The number of aromatic hydroxyl groups is 1. The third-order valence-electron chi connectivity index (χ3n) is 3.77. The molecule has 26 heavy (non-hydrogen) atoms. The van der Waals surface area contributed by atoms with Crippen LogP contribution in [0.1, 0.15) is 36.7 Å². The van der Waals surface area contributed by atoms with E-state index >= 15 is 0 Å². The van der Waals surface area contributed by atoms with Gasteiger partial charge in [-0.3, -0.25) is 18.9 Å². The van der Waals surface area contributed by atoms with Crippen molar-refractivity contribution in [1.29, 1.82) is 0 Å². The number of ether oxygens (including phenoxy) is 1. The average Bonchev–Trinajstić information content (AvgIpc) is 2.63. The fourth-order valence-electron chi connectivity index (χ4n) is 2.45. The molecule has 0 spiro atoms. The zero-order chi connectivity index (χ0) is 19.3. The smallest absolute Gasteiger partial charge is 0.338 e. The van der Waals surface area contributed by atoms with Crippen LogP contribution in [0.5, 0.6) is 5.88 Å². The monoisotopic (exact) mass is 359 g/mol. The first kappa shape index (κ1) is 19.2. The van der Waals surface area contributed by atoms with Crippen molar-refractivity contribution >= 4 is 17.9 Å². The highest BCUT2D eigenvalue weighted by atomic mass is 16.5. The van der Waals surface area contributed by atoms with Crippen LogP contribution in [0.2, 0.25) is 0 Å². The summed E-state index contributed by atoms with van der Waals surface area (Å²) in [6, 6.07) is 6.39. The number of carbonyl (C=O) groups excluding carboxylic acids is 1. The Bertz CT molecular complexity index is 956. The van der Waals surface area contributed by atoms with Crippen molar-refractivity contribution in [2.24, 2.45) is 4.99 Å². The fraction of sp³-hybridized carbons (Fsp3) is 0.333. The number of nitrogens with zero attached hydrogens (tertiary/aromatic N) is 3. The van der Waals surface area contributed by atoms with E-state index in [2.05, 4.69) is 4.99 Å². The van der Waals surface area contributed by atoms with E-state index in [1.54, 1.807) is 39.0 Å². The van der Waals surface area contributed by atoms with Gasteiger partial charge in [-0.1, -0.05) is 6.07 Å². The van der Waals surface area contributed by atoms with E-state index < -0.39 is 23.1 Å². The number of rotatable bonds is 6. The van der Waals surface area contributed by atoms with E-state index in [1.807, 2.05) is 0 Å². The van der Waals surface area contributed by atoms with Crippen LogP contribution in [-0.4, -0.2) is 33.0 Å². The molecule has 8 nitrogen and oxygen atoms in total. The van der Waals surface area contributed by atoms with E-state index in [9.17, 15) is 19.5 Å². The summed E-state index contributed by atoms with van der Waals surface area (Å²) in [7, 11) is 0. The molecule has 0 bridgehead atoms. The molecular formula is C18H21N3O5. The minimum absolute atomic E-state index is 0.0881. The van der Waals surface area contributed by atoms with Gasteiger partial charge < -0.3 is 9.84 Å². The van der Waals surface area contributed by atoms with Crippen molar-refractivity contribution in [3.8, 4) is 5.88 Å². The van der Waals surface area contributed by atoms with Crippen molar-refractivity contribution < 1.29 is 14.6 Å². The molecule has 0 aliphatic heterocycles. The Morgan fingerprint density at radius 2 is 1.88 bits per heavy atom. The van der Waals surface area contributed by atoms with Gasteiger partial charge in [-0.25, -0.2) is 9.59 Å². The highest BCUT2D eigenvalue weighted by Gasteiger charge is 2.15. The Kier molecular flexibility index (Phi) is 6.11. The summed E-state index contributed by atoms with van der Waals surface area (Å²) >= 11 is 0. The molecule has 1 heterocycles. The van der Waals surface area contributed by atoms with E-state index in [1.165, 1.54) is 12.3 Å². The Morgan fingerprint density at radius 3 is 2.50 bits per heavy atom. The molecule has 1 aromatic heterocycles. The molecule has 1 aromatic carbocycles. The molecule has 0 amide bonds. The van der Waals surface area contributed by atoms with Gasteiger partial charge in [-0.2, -0.15) is 0 Å². The lowest BCUT2D eigenvalue weighted by Gasteiger charge is -2.11. The van der Waals surface area contributed by atoms with Gasteiger partial charge in [0.05, 0.1) is 17.9 Å². The zero-order valence-electron chi connectivity index (χ0n) is 14.9. The van der Waals surface area contributed by atoms with Crippen LogP contribution in [0.4, 0.5) is 5.69 Å². The van der Waals surface area contributed by atoms with Crippen LogP contribution in [-0.2, 0) is 17.8 Å². The van der Waals surface area contributed by atoms with E-state index in [4.69, 9.17) is 4.74 Å². The minimum Gasteiger partial charge on any atom is -0.494 e. The lowest BCUT2D eigenvalue weighted by atomic mass is 10.2. The molecule has 0 aliphatic carbocycles. The van der Waals surface area contributed by atoms with Crippen LogP contribution in [0, 0.1) is 0 Å². The zero-order valence-corrected chi connectivity index (χ0v) is 14.9. The predicted octanol–water partition coefficient (Wildman–Crippen LogP) is 1.68. The Morgan fingerprint density at radius 1 is 1.19 bits per heavy atom. The summed E-state index contributed by atoms with van der Waals surface area (Å²) in [4.78, 5) is 40.5. The molecule has 0 saturated heterocycles. The van der Waals surface area contributed by atoms with Gasteiger partial charge in [0.1, 0.15) is 5.56 Å². The van der Waals surface area contributed by atoms with Crippen LogP contribution in [0.3, 0.4) is 0 Å². The van der Waals surface area contributed by atoms with E-state index in [0.29, 0.717) is 11.3 Å². The second-order valence-corrected chi connectivity index (χ2v) is 5.34. The Balaban J connectivity index is 2.49. The maximum atomic E-state index is 12.4. The highest BCUT2D eigenvalue weighted by molar-refractivity contribution is 5.91. The highest BCUT2D eigenvalue weighted by Crippen LogP contribution is 2.16. The number of esters is 1. The third-order valence-corrected chi connectivity index (χ3v) is 3.77.